The van der Waals surface area contributed by atoms with Gasteiger partial charge in [0.2, 0.25) is 0 Å². The number of ether oxygens (including phenoxy) is 3. The Morgan fingerprint density at radius 1 is 1.11 bits per heavy atom. The highest BCUT2D eigenvalue weighted by Crippen LogP contribution is 2.32. The maximum atomic E-state index is 5.60. The standard InChI is InChI=1S/C21H37N3O3/c1-16(2)14-27-12-8-11-23-20(22-5)24-15-21(3,4)17-9-10-18(25-6)19(13-17)26-7/h9-10,13,16H,8,11-12,14-15H2,1-7H3,(H2,22,23,24). The lowest BCUT2D eigenvalue weighted by Crippen LogP contribution is -2.43. The Hall–Kier alpha value is -1.95. The molecular formula is C21H37N3O3. The molecule has 1 aromatic rings. The Morgan fingerprint density at radius 3 is 2.41 bits per heavy atom. The molecule has 154 valence electrons. The first-order valence-corrected chi connectivity index (χ1v) is 9.58. The average molecular weight is 380 g/mol. The minimum absolute atomic E-state index is 0.0997. The van der Waals surface area contributed by atoms with Crippen molar-refractivity contribution in [2.45, 2.75) is 39.5 Å². The monoisotopic (exact) mass is 379 g/mol. The molecule has 0 spiro atoms. The maximum absolute atomic E-state index is 5.60. The normalized spacial score (nSPS) is 12.2. The molecule has 0 aliphatic rings. The lowest BCUT2D eigenvalue weighted by Gasteiger charge is -2.27. The number of methoxy groups -OCH3 is 2. The van der Waals surface area contributed by atoms with Crippen LogP contribution < -0.4 is 20.1 Å². The smallest absolute Gasteiger partial charge is 0.191 e. The molecular weight excluding hydrogens is 342 g/mol. The molecule has 0 heterocycles. The van der Waals surface area contributed by atoms with E-state index in [4.69, 9.17) is 14.2 Å². The molecule has 0 atom stereocenters. The summed E-state index contributed by atoms with van der Waals surface area (Å²) in [7, 11) is 5.09. The second-order valence-corrected chi connectivity index (χ2v) is 7.63. The van der Waals surface area contributed by atoms with Crippen LogP contribution in [0.5, 0.6) is 11.5 Å². The SMILES string of the molecule is CN=C(NCCCOCC(C)C)NCC(C)(C)c1ccc(OC)c(OC)c1. The van der Waals surface area contributed by atoms with Gasteiger partial charge in [-0.15, -0.1) is 0 Å². The van der Waals surface area contributed by atoms with Crippen LogP contribution in [0.25, 0.3) is 0 Å². The van der Waals surface area contributed by atoms with E-state index in [1.807, 2.05) is 12.1 Å². The molecule has 0 radical (unpaired) electrons. The highest BCUT2D eigenvalue weighted by Gasteiger charge is 2.22. The highest BCUT2D eigenvalue weighted by molar-refractivity contribution is 5.79. The van der Waals surface area contributed by atoms with E-state index in [1.54, 1.807) is 21.3 Å². The number of benzene rings is 1. The van der Waals surface area contributed by atoms with Gasteiger partial charge in [0.25, 0.3) is 0 Å². The largest absolute Gasteiger partial charge is 0.493 e. The summed E-state index contributed by atoms with van der Waals surface area (Å²) >= 11 is 0. The second kappa shape index (κ2) is 11.7. The van der Waals surface area contributed by atoms with Gasteiger partial charge >= 0.3 is 0 Å². The van der Waals surface area contributed by atoms with Crippen LogP contribution in [0.1, 0.15) is 39.7 Å². The number of nitrogens with zero attached hydrogens (tertiary/aromatic N) is 1. The third kappa shape index (κ3) is 8.08. The first-order valence-electron chi connectivity index (χ1n) is 9.58. The number of aliphatic imine (C=N–C) groups is 1. The molecule has 0 fully saturated rings. The molecule has 2 N–H and O–H groups in total. The first kappa shape index (κ1) is 23.1. The summed E-state index contributed by atoms with van der Waals surface area (Å²) in [5.41, 5.74) is 1.07. The van der Waals surface area contributed by atoms with Crippen molar-refractivity contribution in [3.05, 3.63) is 23.8 Å². The number of hydrogen-bond acceptors (Lipinski definition) is 4. The maximum Gasteiger partial charge on any atom is 0.191 e. The number of nitrogens with one attached hydrogen (secondary N) is 2. The fourth-order valence-corrected chi connectivity index (χ4v) is 2.58. The molecule has 0 amide bonds. The lowest BCUT2D eigenvalue weighted by atomic mass is 9.84. The summed E-state index contributed by atoms with van der Waals surface area (Å²) in [6.07, 6.45) is 0.951. The topological polar surface area (TPSA) is 64.1 Å². The predicted molar refractivity (Wildman–Crippen MR) is 112 cm³/mol. The van der Waals surface area contributed by atoms with Crippen LogP contribution in [-0.2, 0) is 10.2 Å². The molecule has 6 heteroatoms. The Morgan fingerprint density at radius 2 is 1.81 bits per heavy atom. The molecule has 27 heavy (non-hydrogen) atoms. The third-order valence-corrected chi connectivity index (χ3v) is 4.30. The zero-order valence-electron chi connectivity index (χ0n) is 18.0. The van der Waals surface area contributed by atoms with Gasteiger partial charge < -0.3 is 24.8 Å². The van der Waals surface area contributed by atoms with Crippen molar-refractivity contribution in [2.75, 3.05) is 47.6 Å². The van der Waals surface area contributed by atoms with Crippen LogP contribution in [0.3, 0.4) is 0 Å². The summed E-state index contributed by atoms with van der Waals surface area (Å²) in [4.78, 5) is 4.30. The van der Waals surface area contributed by atoms with Gasteiger partial charge in [0.05, 0.1) is 14.2 Å². The van der Waals surface area contributed by atoms with E-state index in [2.05, 4.69) is 49.4 Å². The van der Waals surface area contributed by atoms with Crippen LogP contribution in [-0.4, -0.2) is 53.5 Å². The Bertz CT molecular complexity index is 586. The summed E-state index contributed by atoms with van der Waals surface area (Å²) in [6, 6.07) is 6.05. The average Bonchev–Trinajstić information content (AvgIpc) is 2.65. The van der Waals surface area contributed by atoms with E-state index in [0.29, 0.717) is 5.92 Å². The molecule has 0 bridgehead atoms. The zero-order chi connectivity index (χ0) is 20.3. The first-order chi connectivity index (χ1) is 12.8. The Balaban J connectivity index is 2.51. The predicted octanol–water partition coefficient (Wildman–Crippen LogP) is 3.21. The van der Waals surface area contributed by atoms with Crippen LogP contribution in [0.15, 0.2) is 23.2 Å². The van der Waals surface area contributed by atoms with E-state index in [1.165, 1.54) is 5.56 Å². The van der Waals surface area contributed by atoms with E-state index >= 15 is 0 Å². The van der Waals surface area contributed by atoms with E-state index in [-0.39, 0.29) is 5.41 Å². The molecule has 0 aliphatic carbocycles. The number of rotatable bonds is 11. The second-order valence-electron chi connectivity index (χ2n) is 7.63. The van der Waals surface area contributed by atoms with E-state index in [0.717, 1.165) is 50.2 Å². The van der Waals surface area contributed by atoms with Crippen molar-refractivity contribution in [1.82, 2.24) is 10.6 Å². The van der Waals surface area contributed by atoms with Gasteiger partial charge in [0.1, 0.15) is 0 Å². The molecule has 0 aliphatic heterocycles. The fourth-order valence-electron chi connectivity index (χ4n) is 2.58. The number of hydrogen-bond donors (Lipinski definition) is 2. The quantitative estimate of drug-likeness (QED) is 0.351. The zero-order valence-corrected chi connectivity index (χ0v) is 18.0. The fraction of sp³-hybridized carbons (Fsp3) is 0.667. The molecule has 1 aromatic carbocycles. The van der Waals surface area contributed by atoms with Gasteiger partial charge in [-0.2, -0.15) is 0 Å². The molecule has 0 saturated heterocycles. The minimum Gasteiger partial charge on any atom is -0.493 e. The van der Waals surface area contributed by atoms with Gasteiger partial charge in [0, 0.05) is 38.8 Å². The van der Waals surface area contributed by atoms with Crippen LogP contribution >= 0.6 is 0 Å². The molecule has 0 saturated carbocycles. The van der Waals surface area contributed by atoms with Crippen LogP contribution in [0.2, 0.25) is 0 Å². The summed E-state index contributed by atoms with van der Waals surface area (Å²) in [5, 5.41) is 6.75. The Labute approximate surface area is 164 Å². The van der Waals surface area contributed by atoms with Crippen molar-refractivity contribution in [3.8, 4) is 11.5 Å². The van der Waals surface area contributed by atoms with Crippen molar-refractivity contribution >= 4 is 5.96 Å². The van der Waals surface area contributed by atoms with Crippen LogP contribution in [0, 0.1) is 5.92 Å². The lowest BCUT2D eigenvalue weighted by molar-refractivity contribution is 0.108. The Kier molecular flexibility index (Phi) is 10.0. The van der Waals surface area contributed by atoms with Gasteiger partial charge in [-0.1, -0.05) is 33.8 Å². The molecule has 0 unspecified atom stereocenters. The van der Waals surface area contributed by atoms with Crippen molar-refractivity contribution in [2.24, 2.45) is 10.9 Å². The molecule has 6 nitrogen and oxygen atoms in total. The van der Waals surface area contributed by atoms with Gasteiger partial charge in [-0.25, -0.2) is 0 Å². The number of guanidine groups is 1. The summed E-state index contributed by atoms with van der Waals surface area (Å²) < 4.78 is 16.4. The molecule has 0 aromatic heterocycles. The van der Waals surface area contributed by atoms with Gasteiger partial charge in [-0.3, -0.25) is 4.99 Å². The van der Waals surface area contributed by atoms with Crippen molar-refractivity contribution < 1.29 is 14.2 Å². The summed E-state index contributed by atoms with van der Waals surface area (Å²) in [6.45, 7) is 11.8. The van der Waals surface area contributed by atoms with Gasteiger partial charge in [0.15, 0.2) is 17.5 Å². The summed E-state index contributed by atoms with van der Waals surface area (Å²) in [5.74, 6) is 2.85. The highest BCUT2D eigenvalue weighted by atomic mass is 16.5. The van der Waals surface area contributed by atoms with Crippen molar-refractivity contribution in [1.29, 1.82) is 0 Å². The van der Waals surface area contributed by atoms with Crippen LogP contribution in [0.4, 0.5) is 0 Å². The van der Waals surface area contributed by atoms with Crippen molar-refractivity contribution in [3.63, 3.8) is 0 Å². The van der Waals surface area contributed by atoms with E-state index < -0.39 is 0 Å². The molecule has 1 rings (SSSR count). The van der Waals surface area contributed by atoms with E-state index in [9.17, 15) is 0 Å². The third-order valence-electron chi connectivity index (χ3n) is 4.30. The van der Waals surface area contributed by atoms with Gasteiger partial charge in [-0.05, 0) is 30.0 Å². The minimum atomic E-state index is -0.0997.